The largest absolute Gasteiger partial charge is 0.394 e. The highest BCUT2D eigenvalue weighted by atomic mass is 16.5. The van der Waals surface area contributed by atoms with Crippen LogP contribution in [0.5, 0.6) is 0 Å². The van der Waals surface area contributed by atoms with E-state index < -0.39 is 0 Å². The molecule has 1 aliphatic heterocycles. The normalized spacial score (nSPS) is 35.0. The predicted molar refractivity (Wildman–Crippen MR) is 77.2 cm³/mol. The summed E-state index contributed by atoms with van der Waals surface area (Å²) in [5.41, 5.74) is 5.99. The maximum atomic E-state index is 12.4. The van der Waals surface area contributed by atoms with E-state index in [1.165, 1.54) is 12.8 Å². The number of hydrogen-bond acceptors (Lipinski definition) is 4. The van der Waals surface area contributed by atoms with Gasteiger partial charge >= 0.3 is 0 Å². The lowest BCUT2D eigenvalue weighted by Gasteiger charge is -2.38. The van der Waals surface area contributed by atoms with Gasteiger partial charge in [-0.15, -0.1) is 0 Å². The maximum absolute atomic E-state index is 12.4. The van der Waals surface area contributed by atoms with Crippen LogP contribution < -0.4 is 5.73 Å². The van der Waals surface area contributed by atoms with Crippen LogP contribution in [0.15, 0.2) is 0 Å². The minimum atomic E-state index is -0.224. The summed E-state index contributed by atoms with van der Waals surface area (Å²) in [7, 11) is 0. The van der Waals surface area contributed by atoms with Crippen molar-refractivity contribution >= 4 is 5.91 Å². The van der Waals surface area contributed by atoms with Gasteiger partial charge in [-0.3, -0.25) is 4.79 Å². The molecule has 5 heteroatoms. The van der Waals surface area contributed by atoms with E-state index in [9.17, 15) is 4.79 Å². The Hall–Kier alpha value is -0.650. The summed E-state index contributed by atoms with van der Waals surface area (Å²) in [4.78, 5) is 14.2. The van der Waals surface area contributed by atoms with Crippen molar-refractivity contribution in [2.24, 2.45) is 11.7 Å². The van der Waals surface area contributed by atoms with E-state index in [2.05, 4.69) is 0 Å². The minimum Gasteiger partial charge on any atom is -0.394 e. The van der Waals surface area contributed by atoms with Crippen LogP contribution >= 0.6 is 0 Å². The van der Waals surface area contributed by atoms with Crippen molar-refractivity contribution in [1.82, 2.24) is 4.90 Å². The van der Waals surface area contributed by atoms with Crippen molar-refractivity contribution in [2.45, 2.75) is 63.6 Å². The standard InChI is InChI=1S/C15H28N2O3/c1-11-10-20-14(9-18)8-17(11)15(19)6-5-12-3-2-4-13(16)7-12/h11-14,18H,2-10,16H2,1H3. The molecule has 0 aromatic rings. The zero-order chi connectivity index (χ0) is 14.5. The molecule has 3 N–H and O–H groups in total. The van der Waals surface area contributed by atoms with Gasteiger partial charge in [0.15, 0.2) is 0 Å². The molecule has 0 spiro atoms. The Labute approximate surface area is 121 Å². The molecule has 4 unspecified atom stereocenters. The third-order valence-electron chi connectivity index (χ3n) is 4.62. The van der Waals surface area contributed by atoms with Gasteiger partial charge in [0.25, 0.3) is 0 Å². The molecule has 2 rings (SSSR count). The molecular weight excluding hydrogens is 256 g/mol. The minimum absolute atomic E-state index is 0.0199. The molecule has 4 atom stereocenters. The fraction of sp³-hybridized carbons (Fsp3) is 0.933. The average molecular weight is 284 g/mol. The summed E-state index contributed by atoms with van der Waals surface area (Å²) in [5, 5.41) is 9.16. The molecule has 0 radical (unpaired) electrons. The van der Waals surface area contributed by atoms with Gasteiger partial charge in [0.2, 0.25) is 5.91 Å². The second-order valence-electron chi connectivity index (χ2n) is 6.36. The predicted octanol–water partition coefficient (Wildman–Crippen LogP) is 0.892. The fourth-order valence-electron chi connectivity index (χ4n) is 3.34. The molecule has 20 heavy (non-hydrogen) atoms. The van der Waals surface area contributed by atoms with Gasteiger partial charge in [-0.1, -0.05) is 12.8 Å². The van der Waals surface area contributed by atoms with E-state index in [1.54, 1.807) is 0 Å². The first-order valence-electron chi connectivity index (χ1n) is 7.87. The zero-order valence-corrected chi connectivity index (χ0v) is 12.5. The second kappa shape index (κ2) is 7.38. The Kier molecular flexibility index (Phi) is 5.81. The Balaban J connectivity index is 1.78. The van der Waals surface area contributed by atoms with Crippen LogP contribution in [0.3, 0.4) is 0 Å². The highest BCUT2D eigenvalue weighted by molar-refractivity contribution is 5.76. The molecule has 2 fully saturated rings. The third kappa shape index (κ3) is 4.17. The number of aliphatic hydroxyl groups is 1. The lowest BCUT2D eigenvalue weighted by Crippen LogP contribution is -2.52. The highest BCUT2D eigenvalue weighted by Gasteiger charge is 2.29. The van der Waals surface area contributed by atoms with E-state index in [-0.39, 0.29) is 24.7 Å². The van der Waals surface area contributed by atoms with Crippen LogP contribution in [0.25, 0.3) is 0 Å². The first kappa shape index (κ1) is 15.7. The number of carbonyl (C=O) groups excluding carboxylic acids is 1. The van der Waals surface area contributed by atoms with Crippen LogP contribution in [0.1, 0.15) is 45.4 Å². The monoisotopic (exact) mass is 284 g/mol. The Morgan fingerprint density at radius 1 is 1.45 bits per heavy atom. The summed E-state index contributed by atoms with van der Waals surface area (Å²) in [5.74, 6) is 0.797. The molecule has 0 bridgehead atoms. The van der Waals surface area contributed by atoms with Gasteiger partial charge < -0.3 is 20.5 Å². The van der Waals surface area contributed by atoms with Gasteiger partial charge in [-0.05, 0) is 32.1 Å². The van der Waals surface area contributed by atoms with Crippen molar-refractivity contribution in [3.05, 3.63) is 0 Å². The molecule has 1 aliphatic carbocycles. The quantitative estimate of drug-likeness (QED) is 0.804. The van der Waals surface area contributed by atoms with Crippen molar-refractivity contribution in [1.29, 1.82) is 0 Å². The molecule has 0 aromatic carbocycles. The lowest BCUT2D eigenvalue weighted by molar-refractivity contribution is -0.146. The van der Waals surface area contributed by atoms with Crippen LogP contribution in [0.4, 0.5) is 0 Å². The van der Waals surface area contributed by atoms with Gasteiger partial charge in [0, 0.05) is 19.0 Å². The summed E-state index contributed by atoms with van der Waals surface area (Å²) in [6, 6.07) is 0.434. The number of amides is 1. The van der Waals surface area contributed by atoms with Gasteiger partial charge in [-0.2, -0.15) is 0 Å². The van der Waals surface area contributed by atoms with E-state index in [4.69, 9.17) is 15.6 Å². The number of nitrogens with zero attached hydrogens (tertiary/aromatic N) is 1. The number of hydrogen-bond donors (Lipinski definition) is 2. The Morgan fingerprint density at radius 2 is 2.25 bits per heavy atom. The van der Waals surface area contributed by atoms with Crippen molar-refractivity contribution in [3.63, 3.8) is 0 Å². The molecule has 1 saturated carbocycles. The molecular formula is C15H28N2O3. The molecule has 1 saturated heterocycles. The lowest BCUT2D eigenvalue weighted by atomic mass is 9.83. The van der Waals surface area contributed by atoms with E-state index in [0.717, 1.165) is 19.3 Å². The second-order valence-corrected chi connectivity index (χ2v) is 6.36. The van der Waals surface area contributed by atoms with Gasteiger partial charge in [0.1, 0.15) is 0 Å². The number of aliphatic hydroxyl groups excluding tert-OH is 1. The van der Waals surface area contributed by atoms with Crippen molar-refractivity contribution < 1.29 is 14.6 Å². The molecule has 0 aromatic heterocycles. The Morgan fingerprint density at radius 3 is 2.95 bits per heavy atom. The smallest absolute Gasteiger partial charge is 0.222 e. The number of carbonyl (C=O) groups is 1. The van der Waals surface area contributed by atoms with Crippen molar-refractivity contribution in [2.75, 3.05) is 19.8 Å². The molecule has 5 nitrogen and oxygen atoms in total. The summed E-state index contributed by atoms with van der Waals surface area (Å²) < 4.78 is 5.47. The molecule has 116 valence electrons. The molecule has 1 amide bonds. The summed E-state index contributed by atoms with van der Waals surface area (Å²) in [6.45, 7) is 3.02. The maximum Gasteiger partial charge on any atom is 0.222 e. The van der Waals surface area contributed by atoms with Crippen LogP contribution in [0.2, 0.25) is 0 Å². The average Bonchev–Trinajstić information content (AvgIpc) is 2.45. The van der Waals surface area contributed by atoms with E-state index in [1.807, 2.05) is 11.8 Å². The van der Waals surface area contributed by atoms with E-state index in [0.29, 0.717) is 31.5 Å². The SMILES string of the molecule is CC1COC(CO)CN1C(=O)CCC1CCCC(N)C1. The third-order valence-corrected chi connectivity index (χ3v) is 4.62. The first-order chi connectivity index (χ1) is 9.60. The molecule has 2 aliphatic rings. The first-order valence-corrected chi connectivity index (χ1v) is 7.87. The van der Waals surface area contributed by atoms with Crippen LogP contribution in [0, 0.1) is 5.92 Å². The topological polar surface area (TPSA) is 75.8 Å². The van der Waals surface area contributed by atoms with Crippen LogP contribution in [-0.4, -0.2) is 53.9 Å². The zero-order valence-electron chi connectivity index (χ0n) is 12.5. The Bertz CT molecular complexity index is 324. The number of rotatable bonds is 4. The van der Waals surface area contributed by atoms with Gasteiger partial charge in [0.05, 0.1) is 25.4 Å². The highest BCUT2D eigenvalue weighted by Crippen LogP contribution is 2.27. The number of nitrogens with two attached hydrogens (primary N) is 1. The van der Waals surface area contributed by atoms with Gasteiger partial charge in [-0.25, -0.2) is 0 Å². The van der Waals surface area contributed by atoms with E-state index >= 15 is 0 Å². The number of morpholine rings is 1. The fourth-order valence-corrected chi connectivity index (χ4v) is 3.34. The number of ether oxygens (including phenoxy) is 1. The van der Waals surface area contributed by atoms with Crippen LogP contribution in [-0.2, 0) is 9.53 Å². The summed E-state index contributed by atoms with van der Waals surface area (Å²) in [6.07, 6.45) is 5.91. The molecule has 1 heterocycles. The van der Waals surface area contributed by atoms with Crippen molar-refractivity contribution in [3.8, 4) is 0 Å². The summed E-state index contributed by atoms with van der Waals surface area (Å²) >= 11 is 0.